The summed E-state index contributed by atoms with van der Waals surface area (Å²) >= 11 is 0. The van der Waals surface area contributed by atoms with Crippen LogP contribution >= 0.6 is 0 Å². The van der Waals surface area contributed by atoms with Gasteiger partial charge in [-0.3, -0.25) is 9.59 Å². The molecule has 1 heterocycles. The smallest absolute Gasteiger partial charge is 0.228 e. The third kappa shape index (κ3) is 4.03. The molecule has 0 bridgehead atoms. The maximum absolute atomic E-state index is 12.5. The van der Waals surface area contributed by atoms with Crippen molar-refractivity contribution in [2.24, 2.45) is 11.8 Å². The normalized spacial score (nSPS) is 22.2. The highest BCUT2D eigenvalue weighted by molar-refractivity contribution is 7.90. The van der Waals surface area contributed by atoms with Crippen molar-refractivity contribution in [2.75, 3.05) is 24.2 Å². The number of nitrogens with one attached hydrogen (secondary N) is 1. The van der Waals surface area contributed by atoms with E-state index in [0.29, 0.717) is 19.0 Å². The fraction of sp³-hybridized carbons (Fsp3) is 0.556. The predicted molar refractivity (Wildman–Crippen MR) is 95.1 cm³/mol. The number of sulfone groups is 1. The molecule has 25 heavy (non-hydrogen) atoms. The highest BCUT2D eigenvalue weighted by atomic mass is 32.2. The van der Waals surface area contributed by atoms with E-state index in [2.05, 4.69) is 5.32 Å². The number of hydrogen-bond acceptors (Lipinski definition) is 4. The largest absolute Gasteiger partial charge is 0.355 e. The lowest BCUT2D eigenvalue weighted by atomic mass is 10.0. The van der Waals surface area contributed by atoms with Crippen LogP contribution in [0.5, 0.6) is 0 Å². The van der Waals surface area contributed by atoms with Crippen LogP contribution in [0.15, 0.2) is 23.1 Å². The minimum absolute atomic E-state index is 0.0390. The second-order valence-corrected chi connectivity index (χ2v) is 9.09. The molecule has 7 heteroatoms. The summed E-state index contributed by atoms with van der Waals surface area (Å²) in [6.45, 7) is 3.01. The van der Waals surface area contributed by atoms with Crippen molar-refractivity contribution in [2.45, 2.75) is 37.5 Å². The van der Waals surface area contributed by atoms with Gasteiger partial charge in [0, 0.05) is 37.4 Å². The van der Waals surface area contributed by atoms with E-state index < -0.39 is 9.84 Å². The lowest BCUT2D eigenvalue weighted by molar-refractivity contribution is -0.122. The Balaban J connectivity index is 1.63. The summed E-state index contributed by atoms with van der Waals surface area (Å²) in [5.74, 6) is 0.559. The van der Waals surface area contributed by atoms with Crippen LogP contribution in [-0.2, 0) is 25.8 Å². The Labute approximate surface area is 148 Å². The summed E-state index contributed by atoms with van der Waals surface area (Å²) in [6, 6.07) is 4.93. The van der Waals surface area contributed by atoms with Gasteiger partial charge in [0.05, 0.1) is 4.90 Å². The van der Waals surface area contributed by atoms with E-state index in [1.807, 2.05) is 6.92 Å². The molecule has 1 N–H and O–H groups in total. The minimum atomic E-state index is -3.26. The Bertz CT molecular complexity index is 803. The molecule has 0 saturated heterocycles. The van der Waals surface area contributed by atoms with Crippen LogP contribution in [0.1, 0.15) is 31.7 Å². The van der Waals surface area contributed by atoms with Gasteiger partial charge in [-0.2, -0.15) is 0 Å². The third-order valence-corrected chi connectivity index (χ3v) is 6.09. The SMILES string of the molecule is C[C@@H]1C[C@@H]1C(=O)NCCC(=O)N1CCCc2cc(S(C)(=O)=O)ccc21. The van der Waals surface area contributed by atoms with Crippen molar-refractivity contribution < 1.29 is 18.0 Å². The van der Waals surface area contributed by atoms with Gasteiger partial charge in [0.2, 0.25) is 11.8 Å². The summed E-state index contributed by atoms with van der Waals surface area (Å²) in [4.78, 5) is 26.3. The molecular weight excluding hydrogens is 340 g/mol. The summed E-state index contributed by atoms with van der Waals surface area (Å²) < 4.78 is 23.4. The van der Waals surface area contributed by atoms with E-state index in [4.69, 9.17) is 0 Å². The predicted octanol–water partition coefficient (Wildman–Crippen LogP) is 1.53. The molecule has 0 unspecified atom stereocenters. The monoisotopic (exact) mass is 364 g/mol. The highest BCUT2D eigenvalue weighted by Gasteiger charge is 2.38. The molecule has 0 aromatic heterocycles. The molecule has 136 valence electrons. The van der Waals surface area contributed by atoms with Gasteiger partial charge in [0.1, 0.15) is 0 Å². The Morgan fingerprint density at radius 2 is 2.04 bits per heavy atom. The van der Waals surface area contributed by atoms with E-state index >= 15 is 0 Å². The molecule has 1 saturated carbocycles. The topological polar surface area (TPSA) is 83.6 Å². The van der Waals surface area contributed by atoms with Gasteiger partial charge in [-0.1, -0.05) is 6.92 Å². The van der Waals surface area contributed by atoms with Gasteiger partial charge < -0.3 is 10.2 Å². The van der Waals surface area contributed by atoms with Crippen molar-refractivity contribution >= 4 is 27.3 Å². The lowest BCUT2D eigenvalue weighted by Gasteiger charge is -2.30. The molecule has 0 radical (unpaired) electrons. The highest BCUT2D eigenvalue weighted by Crippen LogP contribution is 2.37. The van der Waals surface area contributed by atoms with Gasteiger partial charge in [0.15, 0.2) is 9.84 Å². The number of fused-ring (bicyclic) bond motifs is 1. The minimum Gasteiger partial charge on any atom is -0.355 e. The van der Waals surface area contributed by atoms with Crippen molar-refractivity contribution in [1.82, 2.24) is 5.32 Å². The lowest BCUT2D eigenvalue weighted by Crippen LogP contribution is -2.38. The van der Waals surface area contributed by atoms with Crippen LogP contribution in [0, 0.1) is 11.8 Å². The van der Waals surface area contributed by atoms with E-state index in [0.717, 1.165) is 30.5 Å². The van der Waals surface area contributed by atoms with Crippen molar-refractivity contribution in [3.05, 3.63) is 23.8 Å². The molecule has 1 aliphatic carbocycles. The molecule has 1 aliphatic heterocycles. The zero-order valence-corrected chi connectivity index (χ0v) is 15.4. The first-order valence-electron chi connectivity index (χ1n) is 8.68. The van der Waals surface area contributed by atoms with Crippen molar-refractivity contribution in [1.29, 1.82) is 0 Å². The second-order valence-electron chi connectivity index (χ2n) is 7.07. The number of anilines is 1. The van der Waals surface area contributed by atoms with E-state index in [-0.39, 0.29) is 29.0 Å². The van der Waals surface area contributed by atoms with Crippen LogP contribution in [0.25, 0.3) is 0 Å². The number of nitrogens with zero attached hydrogens (tertiary/aromatic N) is 1. The van der Waals surface area contributed by atoms with Crippen molar-refractivity contribution in [3.8, 4) is 0 Å². The first-order valence-corrected chi connectivity index (χ1v) is 10.6. The van der Waals surface area contributed by atoms with E-state index in [1.165, 1.54) is 6.26 Å². The molecule has 1 fully saturated rings. The maximum Gasteiger partial charge on any atom is 0.228 e. The molecule has 3 rings (SSSR count). The van der Waals surface area contributed by atoms with E-state index in [1.54, 1.807) is 23.1 Å². The molecular formula is C18H24N2O4S. The number of carbonyl (C=O) groups excluding carboxylic acids is 2. The fourth-order valence-electron chi connectivity index (χ4n) is 3.31. The first-order chi connectivity index (χ1) is 11.8. The average molecular weight is 364 g/mol. The van der Waals surface area contributed by atoms with E-state index in [9.17, 15) is 18.0 Å². The third-order valence-electron chi connectivity index (χ3n) is 4.98. The zero-order valence-electron chi connectivity index (χ0n) is 14.6. The maximum atomic E-state index is 12.5. The van der Waals surface area contributed by atoms with Crippen LogP contribution in [-0.4, -0.2) is 39.6 Å². The molecule has 0 spiro atoms. The quantitative estimate of drug-likeness (QED) is 0.859. The van der Waals surface area contributed by atoms with Crippen LogP contribution < -0.4 is 10.2 Å². The summed E-state index contributed by atoms with van der Waals surface area (Å²) in [7, 11) is -3.26. The molecule has 2 amide bonds. The van der Waals surface area contributed by atoms with Gasteiger partial charge >= 0.3 is 0 Å². The molecule has 2 aliphatic rings. The fourth-order valence-corrected chi connectivity index (χ4v) is 3.98. The molecule has 6 nitrogen and oxygen atoms in total. The summed E-state index contributed by atoms with van der Waals surface area (Å²) in [6.07, 6.45) is 3.93. The number of carbonyl (C=O) groups is 2. The first kappa shape index (κ1) is 17.9. The Morgan fingerprint density at radius 3 is 2.68 bits per heavy atom. The molecule has 2 atom stereocenters. The van der Waals surface area contributed by atoms with Gasteiger partial charge in [-0.15, -0.1) is 0 Å². The Kier molecular flexibility index (Phi) is 4.86. The summed E-state index contributed by atoms with van der Waals surface area (Å²) in [5, 5.41) is 2.83. The van der Waals surface area contributed by atoms with Crippen LogP contribution in [0.2, 0.25) is 0 Å². The van der Waals surface area contributed by atoms with Crippen LogP contribution in [0.3, 0.4) is 0 Å². The second kappa shape index (κ2) is 6.78. The Morgan fingerprint density at radius 1 is 1.32 bits per heavy atom. The van der Waals surface area contributed by atoms with Crippen molar-refractivity contribution in [3.63, 3.8) is 0 Å². The van der Waals surface area contributed by atoms with Gasteiger partial charge in [0.25, 0.3) is 0 Å². The molecule has 1 aromatic rings. The number of amides is 2. The standard InChI is InChI=1S/C18H24N2O4S/c1-12-10-15(12)18(22)19-8-7-17(21)20-9-3-4-13-11-14(25(2,23)24)5-6-16(13)20/h5-6,11-12,15H,3-4,7-10H2,1-2H3,(H,19,22)/t12-,15+/m1/s1. The Hall–Kier alpha value is -1.89. The number of aryl methyl sites for hydroxylation is 1. The van der Waals surface area contributed by atoms with Gasteiger partial charge in [-0.05, 0) is 48.9 Å². The molecule has 1 aromatic carbocycles. The average Bonchev–Trinajstić information content (AvgIpc) is 3.29. The zero-order chi connectivity index (χ0) is 18.2. The summed E-state index contributed by atoms with van der Waals surface area (Å²) in [5.41, 5.74) is 1.67. The van der Waals surface area contributed by atoms with Gasteiger partial charge in [-0.25, -0.2) is 8.42 Å². The van der Waals surface area contributed by atoms with Crippen LogP contribution in [0.4, 0.5) is 5.69 Å². The number of benzene rings is 1. The number of rotatable bonds is 5. The number of hydrogen-bond donors (Lipinski definition) is 1.